The van der Waals surface area contributed by atoms with Crippen LogP contribution in [0.4, 0.5) is 17.6 Å². The Balaban J connectivity index is 0.000000264. The van der Waals surface area contributed by atoms with Crippen molar-refractivity contribution in [2.75, 3.05) is 26.4 Å². The first-order chi connectivity index (χ1) is 19.8. The van der Waals surface area contributed by atoms with Gasteiger partial charge in [0.2, 0.25) is 23.3 Å². The van der Waals surface area contributed by atoms with E-state index in [9.17, 15) is 55.9 Å². The Bertz CT molecular complexity index is 1610. The summed E-state index contributed by atoms with van der Waals surface area (Å²) in [5, 5.41) is 0. The first kappa shape index (κ1) is 34.4. The van der Waals surface area contributed by atoms with Gasteiger partial charge in [0.05, 0.1) is 26.4 Å². The third-order valence-corrected chi connectivity index (χ3v) is 3.84. The maximum atomic E-state index is 12.0. The zero-order valence-electron chi connectivity index (χ0n) is 20.7. The number of H-pyrrole nitrogens is 8. The van der Waals surface area contributed by atoms with Gasteiger partial charge in [0, 0.05) is 24.8 Å². The number of aromatic nitrogens is 8. The van der Waals surface area contributed by atoms with Gasteiger partial charge in [-0.05, 0) is 0 Å². The van der Waals surface area contributed by atoms with Gasteiger partial charge in [-0.2, -0.15) is 17.6 Å². The van der Waals surface area contributed by atoms with Gasteiger partial charge in [-0.25, -0.2) is 19.2 Å². The molecule has 228 valence electrons. The van der Waals surface area contributed by atoms with Crippen molar-refractivity contribution in [3.8, 4) is 0 Å². The van der Waals surface area contributed by atoms with Crippen molar-refractivity contribution in [1.29, 1.82) is 0 Å². The fourth-order valence-corrected chi connectivity index (χ4v) is 2.01. The monoisotopic (exact) mass is 608 g/mol. The first-order valence-corrected chi connectivity index (χ1v) is 10.9. The predicted octanol–water partition coefficient (Wildman–Crippen LogP) is -3.16. The van der Waals surface area contributed by atoms with E-state index in [1.165, 1.54) is 0 Å². The molecule has 0 aromatic carbocycles. The Labute approximate surface area is 225 Å². The molecule has 0 spiro atoms. The summed E-state index contributed by atoms with van der Waals surface area (Å²) in [4.78, 5) is 96.0. The maximum absolute atomic E-state index is 12.0. The average Bonchev–Trinajstić information content (AvgIpc) is 2.96. The molecule has 5 rings (SSSR count). The second-order valence-corrected chi connectivity index (χ2v) is 6.90. The van der Waals surface area contributed by atoms with Crippen LogP contribution in [-0.2, 0) is 9.47 Å². The van der Waals surface area contributed by atoms with Crippen LogP contribution in [-0.4, -0.2) is 66.3 Å². The molecule has 4 aromatic rings. The van der Waals surface area contributed by atoms with E-state index in [1.807, 2.05) is 19.9 Å². The second-order valence-electron chi connectivity index (χ2n) is 6.90. The fourth-order valence-electron chi connectivity index (χ4n) is 2.01. The predicted molar refractivity (Wildman–Crippen MR) is 132 cm³/mol. The summed E-state index contributed by atoms with van der Waals surface area (Å²) in [5.74, 6) is -3.96. The lowest BCUT2D eigenvalue weighted by Crippen LogP contribution is -2.23. The molecule has 22 heteroatoms. The first-order valence-electron chi connectivity index (χ1n) is 10.9. The molecule has 0 radical (unpaired) electrons. The zero-order valence-corrected chi connectivity index (χ0v) is 20.7. The van der Waals surface area contributed by atoms with E-state index in [0.717, 1.165) is 26.4 Å². The minimum Gasteiger partial charge on any atom is -0.377 e. The van der Waals surface area contributed by atoms with Crippen LogP contribution in [0.15, 0.2) is 63.1 Å². The molecule has 1 aliphatic heterocycles. The maximum Gasteiger partial charge on any atom is 0.325 e. The molecule has 5 heterocycles. The Morgan fingerprint density at radius 1 is 0.405 bits per heavy atom. The largest absolute Gasteiger partial charge is 0.377 e. The van der Waals surface area contributed by atoms with Crippen LogP contribution in [0.1, 0.15) is 0 Å². The van der Waals surface area contributed by atoms with E-state index >= 15 is 0 Å². The molecular weight excluding hydrogens is 588 g/mol. The molecule has 0 unspecified atom stereocenters. The highest BCUT2D eigenvalue weighted by molar-refractivity contribution is 4.85. The van der Waals surface area contributed by atoms with Crippen LogP contribution in [0.25, 0.3) is 0 Å². The van der Waals surface area contributed by atoms with Crippen LogP contribution < -0.4 is 45.0 Å². The van der Waals surface area contributed by atoms with Crippen LogP contribution in [0.5, 0.6) is 0 Å². The van der Waals surface area contributed by atoms with Crippen LogP contribution in [0.2, 0.25) is 0 Å². The number of nitrogens with one attached hydrogen (secondary N) is 8. The van der Waals surface area contributed by atoms with Gasteiger partial charge < -0.3 is 29.4 Å². The highest BCUT2D eigenvalue weighted by Crippen LogP contribution is 1.85. The zero-order chi connectivity index (χ0) is 31.7. The molecule has 0 amide bonds. The lowest BCUT2D eigenvalue weighted by Gasteiger charge is -2.09. The number of rotatable bonds is 0. The van der Waals surface area contributed by atoms with Gasteiger partial charge in [0.25, 0.3) is 22.2 Å². The van der Waals surface area contributed by atoms with Crippen molar-refractivity contribution >= 4 is 0 Å². The quantitative estimate of drug-likeness (QED) is 0.0928. The van der Waals surface area contributed by atoms with Crippen molar-refractivity contribution in [2.45, 2.75) is 0 Å². The number of aromatic amines is 8. The highest BCUT2D eigenvalue weighted by Gasteiger charge is 1.96. The van der Waals surface area contributed by atoms with Gasteiger partial charge >= 0.3 is 22.8 Å². The summed E-state index contributed by atoms with van der Waals surface area (Å²) in [6.45, 7) is 3.11. The van der Waals surface area contributed by atoms with E-state index < -0.39 is 68.3 Å². The third kappa shape index (κ3) is 13.9. The van der Waals surface area contributed by atoms with Gasteiger partial charge in [-0.3, -0.25) is 39.1 Å². The van der Waals surface area contributed by atoms with Gasteiger partial charge in [0.15, 0.2) is 0 Å². The molecule has 0 bridgehead atoms. The standard InChI is InChI=1S/4C4H3FN2O2.C4H8O2/c4*5-2-1-6-4(9)7-3(2)8;1-2-6-4-3-5-1/h4*1H,(H2,6,7,8,9);1-4H2. The molecule has 8 N–H and O–H groups in total. The van der Waals surface area contributed by atoms with Crippen molar-refractivity contribution in [2.24, 2.45) is 0 Å². The minimum absolute atomic E-state index is 0.707. The Kier molecular flexibility index (Phi) is 14.6. The number of hydrogen-bond acceptors (Lipinski definition) is 10. The summed E-state index contributed by atoms with van der Waals surface area (Å²) >= 11 is 0. The van der Waals surface area contributed by atoms with Gasteiger partial charge in [-0.15, -0.1) is 0 Å². The summed E-state index contributed by atoms with van der Waals surface area (Å²) in [6.07, 6.45) is 2.84. The Morgan fingerprint density at radius 2 is 0.595 bits per heavy atom. The number of halogens is 4. The average molecular weight is 608 g/mol. The van der Waals surface area contributed by atoms with Crippen LogP contribution in [0, 0.1) is 23.3 Å². The van der Waals surface area contributed by atoms with Crippen LogP contribution in [0.3, 0.4) is 0 Å². The van der Waals surface area contributed by atoms with Gasteiger partial charge in [-0.1, -0.05) is 0 Å². The van der Waals surface area contributed by atoms with Crippen molar-refractivity contribution < 1.29 is 27.0 Å². The van der Waals surface area contributed by atoms with Crippen molar-refractivity contribution in [3.63, 3.8) is 0 Å². The minimum atomic E-state index is -1.00. The molecule has 0 aliphatic carbocycles. The smallest absolute Gasteiger partial charge is 0.325 e. The van der Waals surface area contributed by atoms with E-state index in [0.29, 0.717) is 24.8 Å². The Hall–Kier alpha value is -5.64. The van der Waals surface area contributed by atoms with E-state index in [2.05, 4.69) is 0 Å². The van der Waals surface area contributed by atoms with E-state index in [1.54, 1.807) is 19.9 Å². The summed E-state index contributed by atoms with van der Waals surface area (Å²) < 4.78 is 57.8. The van der Waals surface area contributed by atoms with Crippen LogP contribution >= 0.6 is 0 Å². The lowest BCUT2D eigenvalue weighted by molar-refractivity contribution is -0.0334. The molecular formula is C20H20F4N8O10. The van der Waals surface area contributed by atoms with Crippen molar-refractivity contribution in [3.05, 3.63) is 131 Å². The molecule has 1 fully saturated rings. The molecule has 0 saturated carbocycles. The second kappa shape index (κ2) is 17.9. The fraction of sp³-hybridized carbons (Fsp3) is 0.200. The number of hydrogen-bond donors (Lipinski definition) is 8. The molecule has 18 nitrogen and oxygen atoms in total. The topological polar surface area (TPSA) is 281 Å². The summed E-state index contributed by atoms with van der Waals surface area (Å²) in [5.41, 5.74) is -6.83. The highest BCUT2D eigenvalue weighted by atomic mass is 19.1. The number of ether oxygens (including phenoxy) is 2. The molecule has 0 atom stereocenters. The molecule has 1 aliphatic rings. The van der Waals surface area contributed by atoms with Gasteiger partial charge in [0.1, 0.15) is 0 Å². The van der Waals surface area contributed by atoms with Crippen molar-refractivity contribution in [1.82, 2.24) is 39.9 Å². The SMILES string of the molecule is C1COCCO1.O=c1[nH]cc(F)c(=O)[nH]1.O=c1[nH]cc(F)c(=O)[nH]1.O=c1[nH]cc(F)c(=O)[nH]1.O=c1[nH]cc(F)c(=O)[nH]1. The normalized spacial score (nSPS) is 11.5. The lowest BCUT2D eigenvalue weighted by atomic mass is 10.6. The molecule has 4 aromatic heterocycles. The summed E-state index contributed by atoms with van der Waals surface area (Å²) in [7, 11) is 0. The molecule has 1 saturated heterocycles. The third-order valence-electron chi connectivity index (χ3n) is 3.84. The van der Waals surface area contributed by atoms with E-state index in [4.69, 9.17) is 9.47 Å². The summed E-state index contributed by atoms with van der Waals surface area (Å²) in [6, 6.07) is 0. The Morgan fingerprint density at radius 3 is 0.714 bits per heavy atom. The van der Waals surface area contributed by atoms with E-state index in [-0.39, 0.29) is 0 Å². The molecule has 42 heavy (non-hydrogen) atoms.